The van der Waals surface area contributed by atoms with Crippen molar-refractivity contribution in [2.75, 3.05) is 71.4 Å². The van der Waals surface area contributed by atoms with E-state index in [-0.39, 0.29) is 0 Å². The standard InChI is InChI=1S/C17H37N5S/c1-4-21-12-14-22(15-13-21)11-7-5-9-19-17(18-2)20-10-6-8-16-23-3/h4-16H2,1-3H3,(H2,18,19,20). The third-order valence-corrected chi connectivity index (χ3v) is 5.09. The minimum Gasteiger partial charge on any atom is -0.356 e. The van der Waals surface area contributed by atoms with Gasteiger partial charge < -0.3 is 20.4 Å². The number of likely N-dealkylation sites (N-methyl/N-ethyl adjacent to an activating group) is 1. The lowest BCUT2D eigenvalue weighted by molar-refractivity contribution is 0.136. The van der Waals surface area contributed by atoms with Crippen LogP contribution < -0.4 is 10.6 Å². The van der Waals surface area contributed by atoms with E-state index in [1.165, 1.54) is 70.7 Å². The van der Waals surface area contributed by atoms with Crippen molar-refractivity contribution >= 4 is 17.7 Å². The van der Waals surface area contributed by atoms with Gasteiger partial charge in [0.2, 0.25) is 0 Å². The Kier molecular flexibility index (Phi) is 12.5. The zero-order valence-corrected chi connectivity index (χ0v) is 16.3. The van der Waals surface area contributed by atoms with E-state index in [4.69, 9.17) is 0 Å². The average molecular weight is 344 g/mol. The van der Waals surface area contributed by atoms with Gasteiger partial charge in [-0.3, -0.25) is 4.99 Å². The van der Waals surface area contributed by atoms with Crippen molar-refractivity contribution in [1.29, 1.82) is 0 Å². The molecule has 6 heteroatoms. The number of aliphatic imine (C=N–C) groups is 1. The van der Waals surface area contributed by atoms with Crippen LogP contribution in [0.15, 0.2) is 4.99 Å². The van der Waals surface area contributed by atoms with Crippen LogP contribution in [0, 0.1) is 0 Å². The molecule has 0 atom stereocenters. The van der Waals surface area contributed by atoms with Crippen molar-refractivity contribution in [3.05, 3.63) is 0 Å². The molecular weight excluding hydrogens is 306 g/mol. The topological polar surface area (TPSA) is 42.9 Å². The van der Waals surface area contributed by atoms with E-state index in [1.54, 1.807) is 0 Å². The summed E-state index contributed by atoms with van der Waals surface area (Å²) in [6.07, 6.45) is 7.13. The molecule has 0 aromatic heterocycles. The van der Waals surface area contributed by atoms with E-state index in [0.29, 0.717) is 0 Å². The smallest absolute Gasteiger partial charge is 0.190 e. The lowest BCUT2D eigenvalue weighted by atomic mass is 10.2. The van der Waals surface area contributed by atoms with Crippen LogP contribution in [0.3, 0.4) is 0 Å². The first kappa shape index (κ1) is 20.6. The molecule has 0 unspecified atom stereocenters. The van der Waals surface area contributed by atoms with Gasteiger partial charge in [-0.2, -0.15) is 11.8 Å². The van der Waals surface area contributed by atoms with Crippen LogP contribution in [-0.4, -0.2) is 87.2 Å². The fraction of sp³-hybridized carbons (Fsp3) is 0.941. The Bertz CT molecular complexity index is 303. The number of thioether (sulfide) groups is 1. The van der Waals surface area contributed by atoms with E-state index in [2.05, 4.69) is 38.6 Å². The molecule has 0 bridgehead atoms. The summed E-state index contributed by atoms with van der Waals surface area (Å²) in [7, 11) is 1.85. The SMILES string of the molecule is CCN1CCN(CCCCNC(=NC)NCCCCSC)CC1. The van der Waals surface area contributed by atoms with E-state index in [1.807, 2.05) is 18.8 Å². The lowest BCUT2D eigenvalue weighted by Gasteiger charge is -2.34. The molecule has 136 valence electrons. The molecule has 0 amide bonds. The fourth-order valence-electron chi connectivity index (χ4n) is 2.80. The van der Waals surface area contributed by atoms with Gasteiger partial charge in [-0.25, -0.2) is 0 Å². The van der Waals surface area contributed by atoms with Crippen LogP contribution in [0.5, 0.6) is 0 Å². The summed E-state index contributed by atoms with van der Waals surface area (Å²) < 4.78 is 0. The molecular formula is C17H37N5S. The molecule has 1 fully saturated rings. The molecule has 0 radical (unpaired) electrons. The zero-order chi connectivity index (χ0) is 16.8. The molecule has 1 rings (SSSR count). The van der Waals surface area contributed by atoms with Gasteiger partial charge in [0.25, 0.3) is 0 Å². The van der Waals surface area contributed by atoms with E-state index in [0.717, 1.165) is 19.0 Å². The predicted molar refractivity (Wildman–Crippen MR) is 105 cm³/mol. The number of hydrogen-bond donors (Lipinski definition) is 2. The van der Waals surface area contributed by atoms with Crippen LogP contribution in [0.4, 0.5) is 0 Å². The van der Waals surface area contributed by atoms with Gasteiger partial charge in [0, 0.05) is 46.3 Å². The van der Waals surface area contributed by atoms with Crippen LogP contribution >= 0.6 is 11.8 Å². The lowest BCUT2D eigenvalue weighted by Crippen LogP contribution is -2.46. The highest BCUT2D eigenvalue weighted by Gasteiger charge is 2.14. The summed E-state index contributed by atoms with van der Waals surface area (Å²) in [6.45, 7) is 11.7. The van der Waals surface area contributed by atoms with Crippen molar-refractivity contribution in [3.8, 4) is 0 Å². The number of piperazine rings is 1. The van der Waals surface area contributed by atoms with Gasteiger partial charge in [-0.05, 0) is 50.8 Å². The van der Waals surface area contributed by atoms with Crippen molar-refractivity contribution in [2.45, 2.75) is 32.6 Å². The first-order valence-corrected chi connectivity index (χ1v) is 10.6. The maximum atomic E-state index is 4.28. The number of unbranched alkanes of at least 4 members (excludes halogenated alkanes) is 2. The van der Waals surface area contributed by atoms with E-state index in [9.17, 15) is 0 Å². The molecule has 23 heavy (non-hydrogen) atoms. The Morgan fingerprint density at radius 1 is 0.957 bits per heavy atom. The number of rotatable bonds is 11. The Morgan fingerprint density at radius 2 is 1.57 bits per heavy atom. The van der Waals surface area contributed by atoms with Gasteiger partial charge >= 0.3 is 0 Å². The predicted octanol–water partition coefficient (Wildman–Crippen LogP) is 1.71. The Morgan fingerprint density at radius 3 is 2.13 bits per heavy atom. The van der Waals surface area contributed by atoms with Crippen LogP contribution in [0.25, 0.3) is 0 Å². The first-order valence-electron chi connectivity index (χ1n) is 9.18. The summed E-state index contributed by atoms with van der Waals surface area (Å²) in [5.41, 5.74) is 0. The molecule has 1 saturated heterocycles. The van der Waals surface area contributed by atoms with Gasteiger partial charge in [-0.15, -0.1) is 0 Å². The van der Waals surface area contributed by atoms with Crippen molar-refractivity contribution in [2.24, 2.45) is 4.99 Å². The molecule has 0 aromatic carbocycles. The number of nitrogens with zero attached hydrogens (tertiary/aromatic N) is 3. The first-order chi connectivity index (χ1) is 11.3. The maximum absolute atomic E-state index is 4.28. The minimum absolute atomic E-state index is 0.950. The third-order valence-electron chi connectivity index (χ3n) is 4.40. The number of nitrogens with one attached hydrogen (secondary N) is 2. The summed E-state index contributed by atoms with van der Waals surface area (Å²) in [5, 5.41) is 6.81. The highest BCUT2D eigenvalue weighted by Crippen LogP contribution is 2.02. The fourth-order valence-corrected chi connectivity index (χ4v) is 3.29. The van der Waals surface area contributed by atoms with Crippen molar-refractivity contribution < 1.29 is 0 Å². The summed E-state index contributed by atoms with van der Waals surface area (Å²) >= 11 is 1.92. The summed E-state index contributed by atoms with van der Waals surface area (Å²) in [4.78, 5) is 9.42. The van der Waals surface area contributed by atoms with Gasteiger partial charge in [0.1, 0.15) is 0 Å². The second-order valence-corrected chi connectivity index (χ2v) is 7.09. The Hall–Kier alpha value is -0.460. The molecule has 0 saturated carbocycles. The summed E-state index contributed by atoms with van der Waals surface area (Å²) in [6, 6.07) is 0. The van der Waals surface area contributed by atoms with Gasteiger partial charge in [0.05, 0.1) is 0 Å². The van der Waals surface area contributed by atoms with Crippen LogP contribution in [0.1, 0.15) is 32.6 Å². The zero-order valence-electron chi connectivity index (χ0n) is 15.4. The molecule has 0 spiro atoms. The molecule has 5 nitrogen and oxygen atoms in total. The molecule has 0 aliphatic carbocycles. The Balaban J connectivity index is 1.96. The minimum atomic E-state index is 0.950. The highest BCUT2D eigenvalue weighted by atomic mass is 32.2. The second-order valence-electron chi connectivity index (χ2n) is 6.11. The quantitative estimate of drug-likeness (QED) is 0.340. The average Bonchev–Trinajstić information content (AvgIpc) is 2.60. The van der Waals surface area contributed by atoms with E-state index < -0.39 is 0 Å². The summed E-state index contributed by atoms with van der Waals surface area (Å²) in [5.74, 6) is 2.20. The van der Waals surface area contributed by atoms with E-state index >= 15 is 0 Å². The van der Waals surface area contributed by atoms with Gasteiger partial charge in [0.15, 0.2) is 5.96 Å². The molecule has 0 aromatic rings. The molecule has 1 aliphatic heterocycles. The maximum Gasteiger partial charge on any atom is 0.190 e. The second kappa shape index (κ2) is 13.9. The number of guanidine groups is 1. The molecule has 1 heterocycles. The van der Waals surface area contributed by atoms with Crippen LogP contribution in [-0.2, 0) is 0 Å². The molecule has 1 aliphatic rings. The third kappa shape index (κ3) is 10.1. The largest absolute Gasteiger partial charge is 0.356 e. The van der Waals surface area contributed by atoms with Crippen molar-refractivity contribution in [1.82, 2.24) is 20.4 Å². The van der Waals surface area contributed by atoms with Crippen molar-refractivity contribution in [3.63, 3.8) is 0 Å². The number of hydrogen-bond acceptors (Lipinski definition) is 4. The van der Waals surface area contributed by atoms with Crippen LogP contribution in [0.2, 0.25) is 0 Å². The normalized spacial score (nSPS) is 17.4. The molecule has 2 N–H and O–H groups in total. The monoisotopic (exact) mass is 343 g/mol. The Labute approximate surface area is 147 Å². The van der Waals surface area contributed by atoms with Gasteiger partial charge in [-0.1, -0.05) is 6.92 Å². The highest BCUT2D eigenvalue weighted by molar-refractivity contribution is 7.98.